The number of nitrogens with two attached hydrogens (primary N) is 1. The van der Waals surface area contributed by atoms with E-state index < -0.39 is 5.17 Å². The molecule has 0 aromatic rings. The molecule has 8 N–H and O–H groups in total. The van der Waals surface area contributed by atoms with Crippen LogP contribution in [0.4, 0.5) is 0 Å². The lowest BCUT2D eigenvalue weighted by molar-refractivity contribution is 0.264. The SMILES string of the molecule is CCOC(=S)N(CC)CC.N.NC(O)=S.O. The van der Waals surface area contributed by atoms with Crippen molar-refractivity contribution in [2.45, 2.75) is 20.8 Å². The summed E-state index contributed by atoms with van der Waals surface area (Å²) in [4.78, 5) is 2.01. The number of rotatable bonds is 3. The Hall–Kier alpha value is -0.700. The molecule has 0 rings (SSSR count). The molecule has 100 valence electrons. The van der Waals surface area contributed by atoms with Crippen molar-refractivity contribution in [1.29, 1.82) is 0 Å². The first kappa shape index (κ1) is 24.5. The topological polar surface area (TPSA) is 125 Å². The molecule has 6 nitrogen and oxygen atoms in total. The van der Waals surface area contributed by atoms with Crippen LogP contribution in [-0.2, 0) is 4.74 Å². The van der Waals surface area contributed by atoms with Crippen molar-refractivity contribution in [3.63, 3.8) is 0 Å². The summed E-state index contributed by atoms with van der Waals surface area (Å²) < 4.78 is 5.14. The summed E-state index contributed by atoms with van der Waals surface area (Å²) in [7, 11) is 0. The van der Waals surface area contributed by atoms with Crippen LogP contribution in [0.5, 0.6) is 0 Å². The van der Waals surface area contributed by atoms with Crippen molar-refractivity contribution in [3.05, 3.63) is 0 Å². The van der Waals surface area contributed by atoms with Crippen LogP contribution >= 0.6 is 24.4 Å². The highest BCUT2D eigenvalue weighted by Gasteiger charge is 2.03. The molecule has 0 saturated carbocycles. The monoisotopic (exact) mass is 273 g/mol. The van der Waals surface area contributed by atoms with Crippen molar-refractivity contribution >= 4 is 34.8 Å². The van der Waals surface area contributed by atoms with Crippen LogP contribution in [-0.4, -0.2) is 45.5 Å². The van der Waals surface area contributed by atoms with Crippen molar-refractivity contribution < 1.29 is 15.3 Å². The van der Waals surface area contributed by atoms with Gasteiger partial charge in [-0.3, -0.25) is 0 Å². The third kappa shape index (κ3) is 19.0. The van der Waals surface area contributed by atoms with E-state index in [1.165, 1.54) is 0 Å². The van der Waals surface area contributed by atoms with Crippen LogP contribution in [0.15, 0.2) is 0 Å². The zero-order chi connectivity index (χ0) is 11.6. The van der Waals surface area contributed by atoms with Gasteiger partial charge in [0.1, 0.15) is 0 Å². The van der Waals surface area contributed by atoms with Crippen LogP contribution in [0.25, 0.3) is 0 Å². The second-order valence-electron chi connectivity index (χ2n) is 2.21. The van der Waals surface area contributed by atoms with Crippen LogP contribution in [0.1, 0.15) is 20.8 Å². The standard InChI is InChI=1S/C7H15NOS.CH3NOS.H3N.H2O/c1-4-8(5-2)7(10)9-6-3;2-1(3)4;;/h4-6H2,1-3H3;(H3,2,3,4);1H3;1H2. The molecule has 0 spiro atoms. The first-order valence-electron chi connectivity index (χ1n) is 4.39. The van der Waals surface area contributed by atoms with Gasteiger partial charge in [0.05, 0.1) is 6.61 Å². The second-order valence-corrected chi connectivity index (χ2v) is 2.98. The van der Waals surface area contributed by atoms with Gasteiger partial charge in [-0.2, -0.15) is 0 Å². The number of nitrogens with zero attached hydrogens (tertiary/aromatic N) is 1. The zero-order valence-electron chi connectivity index (χ0n) is 10.0. The fraction of sp³-hybridized carbons (Fsp3) is 0.750. The third-order valence-corrected chi connectivity index (χ3v) is 1.67. The Balaban J connectivity index is -0.000000105. The molecule has 0 amide bonds. The molecule has 0 aromatic carbocycles. The van der Waals surface area contributed by atoms with E-state index in [0.717, 1.165) is 13.1 Å². The minimum atomic E-state index is -0.500. The number of aliphatic hydroxyl groups is 1. The minimum absolute atomic E-state index is 0. The van der Waals surface area contributed by atoms with Gasteiger partial charge in [-0.15, -0.1) is 0 Å². The summed E-state index contributed by atoms with van der Waals surface area (Å²) in [5, 5.41) is 7.68. The molecule has 0 aliphatic carbocycles. The minimum Gasteiger partial charge on any atom is -0.487 e. The van der Waals surface area contributed by atoms with Crippen LogP contribution in [0.2, 0.25) is 0 Å². The first-order valence-corrected chi connectivity index (χ1v) is 5.21. The number of hydrogen-bond acceptors (Lipinski definition) is 4. The fourth-order valence-electron chi connectivity index (χ4n) is 0.697. The van der Waals surface area contributed by atoms with Gasteiger partial charge in [0.2, 0.25) is 0 Å². The predicted molar refractivity (Wildman–Crippen MR) is 75.2 cm³/mol. The molecule has 0 fully saturated rings. The number of aliphatic hydroxyl groups excluding tert-OH is 1. The third-order valence-electron chi connectivity index (χ3n) is 1.29. The summed E-state index contributed by atoms with van der Waals surface area (Å²) in [6.07, 6.45) is 0. The molecule has 0 saturated heterocycles. The van der Waals surface area contributed by atoms with Crippen molar-refractivity contribution in [1.82, 2.24) is 11.1 Å². The maximum Gasteiger partial charge on any atom is 0.259 e. The van der Waals surface area contributed by atoms with Crippen molar-refractivity contribution in [2.75, 3.05) is 19.7 Å². The Morgan fingerprint density at radius 3 is 1.75 bits per heavy atom. The average molecular weight is 273 g/mol. The van der Waals surface area contributed by atoms with E-state index >= 15 is 0 Å². The Kier molecular flexibility index (Phi) is 25.6. The number of ether oxygens (including phenoxy) is 1. The Morgan fingerprint density at radius 1 is 1.25 bits per heavy atom. The van der Waals surface area contributed by atoms with E-state index in [1.54, 1.807) is 0 Å². The quantitative estimate of drug-likeness (QED) is 0.648. The van der Waals surface area contributed by atoms with E-state index in [-0.39, 0.29) is 11.6 Å². The van der Waals surface area contributed by atoms with Crippen LogP contribution in [0.3, 0.4) is 0 Å². The first-order chi connectivity index (χ1) is 6.49. The van der Waals surface area contributed by atoms with Gasteiger partial charge in [-0.1, -0.05) is 0 Å². The second kappa shape index (κ2) is 16.7. The number of hydrogen-bond donors (Lipinski definition) is 3. The molecule has 16 heavy (non-hydrogen) atoms. The normalized spacial score (nSPS) is 7.19. The molecule has 0 aliphatic rings. The molecular weight excluding hydrogens is 250 g/mol. The number of thiocarbonyl (C=S) groups is 2. The smallest absolute Gasteiger partial charge is 0.259 e. The van der Waals surface area contributed by atoms with Crippen molar-refractivity contribution in [3.8, 4) is 0 Å². The highest BCUT2D eigenvalue weighted by Crippen LogP contribution is 1.92. The van der Waals surface area contributed by atoms with Gasteiger partial charge < -0.3 is 32.1 Å². The largest absolute Gasteiger partial charge is 0.487 e. The maximum atomic E-state index is 7.56. The van der Waals surface area contributed by atoms with Crippen LogP contribution < -0.4 is 11.9 Å². The summed E-state index contributed by atoms with van der Waals surface area (Å²) in [5.41, 5.74) is 4.40. The molecular formula is C8H23N3O3S2. The van der Waals surface area contributed by atoms with E-state index in [9.17, 15) is 0 Å². The molecule has 0 radical (unpaired) electrons. The Labute approximate surface area is 108 Å². The van der Waals surface area contributed by atoms with Gasteiger partial charge in [0.15, 0.2) is 0 Å². The fourth-order valence-corrected chi connectivity index (χ4v) is 1.07. The Morgan fingerprint density at radius 2 is 1.56 bits per heavy atom. The summed E-state index contributed by atoms with van der Waals surface area (Å²) in [6, 6.07) is 0. The van der Waals surface area contributed by atoms with E-state index in [4.69, 9.17) is 22.1 Å². The summed E-state index contributed by atoms with van der Waals surface area (Å²) in [6.45, 7) is 8.58. The zero-order valence-corrected chi connectivity index (χ0v) is 11.7. The molecule has 8 heteroatoms. The van der Waals surface area contributed by atoms with E-state index in [2.05, 4.69) is 31.8 Å². The summed E-state index contributed by atoms with van der Waals surface area (Å²) in [5.74, 6) is 0. The predicted octanol–water partition coefficient (Wildman–Crippen LogP) is 0.775. The Bertz CT molecular complexity index is 174. The molecule has 0 aliphatic heterocycles. The molecule has 0 aromatic heterocycles. The lowest BCUT2D eigenvalue weighted by atomic mass is 10.6. The van der Waals surface area contributed by atoms with Gasteiger partial charge in [-0.25, -0.2) is 0 Å². The van der Waals surface area contributed by atoms with Gasteiger partial charge in [-0.05, 0) is 45.2 Å². The van der Waals surface area contributed by atoms with Gasteiger partial charge in [0, 0.05) is 13.1 Å². The highest BCUT2D eigenvalue weighted by atomic mass is 32.1. The molecule has 0 unspecified atom stereocenters. The summed E-state index contributed by atoms with van der Waals surface area (Å²) >= 11 is 8.85. The lowest BCUT2D eigenvalue weighted by Gasteiger charge is -2.20. The average Bonchev–Trinajstić information content (AvgIpc) is 2.06. The molecule has 0 atom stereocenters. The highest BCUT2D eigenvalue weighted by molar-refractivity contribution is 7.80. The lowest BCUT2D eigenvalue weighted by Crippen LogP contribution is -2.30. The van der Waals surface area contributed by atoms with Gasteiger partial charge >= 0.3 is 0 Å². The molecule has 0 bridgehead atoms. The maximum absolute atomic E-state index is 7.56. The van der Waals surface area contributed by atoms with Gasteiger partial charge in [0.25, 0.3) is 10.3 Å². The van der Waals surface area contributed by atoms with Crippen molar-refractivity contribution in [2.24, 2.45) is 5.73 Å². The molecule has 0 heterocycles. The van der Waals surface area contributed by atoms with E-state index in [1.807, 2.05) is 11.8 Å². The van der Waals surface area contributed by atoms with E-state index in [0.29, 0.717) is 11.8 Å². The van der Waals surface area contributed by atoms with Crippen LogP contribution in [0, 0.1) is 0 Å².